The number of pyridine rings is 10. The molecule has 0 unspecified atom stereocenters. The van der Waals surface area contributed by atoms with Gasteiger partial charge < -0.3 is 76.0 Å². The third-order valence-corrected chi connectivity index (χ3v) is 10.9. The third-order valence-electron chi connectivity index (χ3n) is 10.9. The predicted molar refractivity (Wildman–Crippen MR) is 343 cm³/mol. The fraction of sp³-hybridized carbons (Fsp3) is 0.0312. The van der Waals surface area contributed by atoms with Gasteiger partial charge >= 0.3 is 63.4 Å². The summed E-state index contributed by atoms with van der Waals surface area (Å²) in [5, 5.41) is 16.9. The maximum absolute atomic E-state index is 10.3. The van der Waals surface area contributed by atoms with E-state index in [1.165, 1.54) is 68.1 Å². The number of carboxylic acid groups (broad SMARTS) is 2. The molecule has 36 heteroatoms. The Balaban J connectivity index is -0.000000136. The van der Waals surface area contributed by atoms with E-state index in [0.717, 1.165) is 0 Å². The number of halogens is 2. The normalized spacial score (nSPS) is 10.4. The van der Waals surface area contributed by atoms with E-state index in [2.05, 4.69) is 49.8 Å². The number of aliphatic carboxylic acids is 2. The second-order valence-electron chi connectivity index (χ2n) is 17.1. The van der Waals surface area contributed by atoms with Crippen LogP contribution in [0.15, 0.2) is 292 Å². The van der Waals surface area contributed by atoms with Crippen LogP contribution in [-0.4, -0.2) is 116 Å². The Labute approximate surface area is 621 Å². The number of aromatic nitrogens is 10. The van der Waals surface area contributed by atoms with Crippen LogP contribution in [0.3, 0.4) is 0 Å². The standard InChI is InChI=1S/5C10H8N2.2C7H7NO2.2Cd.2ClHO4.8H2O/c5*1-5-11-6-2-9(1)10-3-7-12-8-4-10;2*8-6-3-1-2-5(4-6)7(9)10;;;2*2-1(3,4)5;;;;;;;;/h5*1-8H;2*2-4,8H,1H2,(H,9,10);;;2*(H,2,3,4,5);8*1H2/q;;;;;2*-2;2*+2;;;;;;;;;;. The van der Waals surface area contributed by atoms with E-state index < -0.39 is 32.4 Å². The van der Waals surface area contributed by atoms with Crippen LogP contribution in [0.4, 0.5) is 0 Å². The molecule has 0 fully saturated rings. The van der Waals surface area contributed by atoms with Crippen LogP contribution in [0.2, 0.25) is 0 Å². The first-order chi connectivity index (χ1) is 43.2. The molecule has 12 rings (SSSR count). The number of allylic oxidation sites excluding steroid dienone is 5. The van der Waals surface area contributed by atoms with Gasteiger partial charge in [0.25, 0.3) is 0 Å². The number of nitrogens with one attached hydrogen (secondary N) is 2. The van der Waals surface area contributed by atoms with Gasteiger partial charge in [-0.15, -0.1) is 26.6 Å². The molecule has 10 aromatic heterocycles. The average Bonchev–Trinajstić information content (AvgIpc) is 0.926. The Kier molecular flexibility index (Phi) is 61.9. The van der Waals surface area contributed by atoms with E-state index in [1.807, 2.05) is 121 Å². The molecule has 32 nitrogen and oxygen atoms in total. The number of carboxylic acids is 2. The molecule has 0 bridgehead atoms. The Morgan fingerprint density at radius 2 is 0.510 bits per heavy atom. The molecule has 2 aliphatic rings. The van der Waals surface area contributed by atoms with Gasteiger partial charge in [-0.25, -0.2) is 60.3 Å². The summed E-state index contributed by atoms with van der Waals surface area (Å²) >= 11 is 0. The molecule has 10 aromatic rings. The average molecular weight is 1630 g/mol. The van der Waals surface area contributed by atoms with E-state index in [9.17, 15) is 9.59 Å². The molecule has 20 N–H and O–H groups in total. The minimum Gasteiger partial charge on any atom is -0.729 e. The van der Waals surface area contributed by atoms with Crippen molar-refractivity contribution >= 4 is 11.9 Å². The molecule has 0 aliphatic heterocycles. The van der Waals surface area contributed by atoms with Crippen LogP contribution in [-0.2, 0) is 64.2 Å². The van der Waals surface area contributed by atoms with Crippen molar-refractivity contribution in [3.63, 3.8) is 0 Å². The predicted octanol–water partition coefficient (Wildman–Crippen LogP) is -2.09. The molecule has 0 aromatic carbocycles. The van der Waals surface area contributed by atoms with Crippen molar-refractivity contribution in [3.05, 3.63) is 316 Å². The Morgan fingerprint density at radius 1 is 0.330 bits per heavy atom. The largest absolute Gasteiger partial charge is 2.00 e. The molecular formula is C64H72Cd2Cl2N12O20. The SMILES string of the molecule is O.O.O.O.O.O.O.O.[Cd+2].[Cd+2].[H+].[H+].[NH-]C1=CC(C(=O)O)=CC[CH-]1.[NH-]C1=CCC=C(C(=O)O)[CH-]1.[O-][Cl+3]([O-])([O-])[O-].[O-][Cl+3]([O-])([O-])[O-].c1cc(-c2ccncc2)ccn1.c1cc(-c2ccncc2)ccn1.c1cc(-c2ccncc2)ccn1.c1cc(-c2ccncc2)ccn1.c1cc(-c2ccncc2)ccn1. The molecule has 2 aliphatic carbocycles. The van der Waals surface area contributed by atoms with Crippen LogP contribution in [0.5, 0.6) is 0 Å². The molecule has 10 heterocycles. The third kappa shape index (κ3) is 48.3. The van der Waals surface area contributed by atoms with Gasteiger partial charge in [-0.1, -0.05) is 18.4 Å². The van der Waals surface area contributed by atoms with Crippen molar-refractivity contribution in [2.45, 2.75) is 12.8 Å². The number of nitrogens with zero attached hydrogens (tertiary/aromatic N) is 10. The number of rotatable bonds is 7. The summed E-state index contributed by atoms with van der Waals surface area (Å²) < 4.78 is 67.9. The van der Waals surface area contributed by atoms with E-state index in [4.69, 9.17) is 59.0 Å². The zero-order valence-electron chi connectivity index (χ0n) is 54.6. The smallest absolute Gasteiger partial charge is 0.729 e. The van der Waals surface area contributed by atoms with Crippen LogP contribution in [0, 0.1) is 33.3 Å². The minimum absolute atomic E-state index is 0. The van der Waals surface area contributed by atoms with E-state index in [-0.39, 0.29) is 124 Å². The van der Waals surface area contributed by atoms with Crippen LogP contribution in [0.25, 0.3) is 67.1 Å². The molecule has 526 valence electrons. The molecule has 0 atom stereocenters. The Bertz CT molecular complexity index is 3110. The first-order valence-electron chi connectivity index (χ1n) is 25.9. The topological polar surface area (TPSA) is 688 Å². The van der Waals surface area contributed by atoms with E-state index >= 15 is 0 Å². The van der Waals surface area contributed by atoms with Crippen molar-refractivity contribution in [1.29, 1.82) is 0 Å². The minimum atomic E-state index is -4.94. The van der Waals surface area contributed by atoms with Gasteiger partial charge in [0.15, 0.2) is 0 Å². The summed E-state index contributed by atoms with van der Waals surface area (Å²) in [5.74, 6) is -1.92. The summed E-state index contributed by atoms with van der Waals surface area (Å²) in [6.07, 6.45) is 46.0. The van der Waals surface area contributed by atoms with Gasteiger partial charge in [-0.05, 0) is 183 Å². The van der Waals surface area contributed by atoms with Crippen molar-refractivity contribution in [3.8, 4) is 55.6 Å². The zero-order valence-corrected chi connectivity index (χ0v) is 62.2. The molecular weight excluding hydrogens is 1550 g/mol. The Morgan fingerprint density at radius 3 is 0.630 bits per heavy atom. The summed E-state index contributed by atoms with van der Waals surface area (Å²) in [6, 6.07) is 39.6. The first kappa shape index (κ1) is 104. The van der Waals surface area contributed by atoms with Crippen molar-refractivity contribution in [1.82, 2.24) is 49.8 Å². The van der Waals surface area contributed by atoms with Crippen molar-refractivity contribution in [2.24, 2.45) is 0 Å². The maximum atomic E-state index is 10.3. The molecule has 0 saturated carbocycles. The number of hydrogen-bond acceptors (Lipinski definition) is 20. The van der Waals surface area contributed by atoms with E-state index in [0.29, 0.717) is 12.8 Å². The quantitative estimate of drug-likeness (QED) is 0.128. The first-order valence-corrected chi connectivity index (χ1v) is 28.4. The van der Waals surface area contributed by atoms with E-state index in [1.54, 1.807) is 149 Å². The number of carbonyl (C=O) groups is 2. The molecule has 0 radical (unpaired) electrons. The maximum Gasteiger partial charge on any atom is 2.00 e. The number of hydrogen-bond donors (Lipinski definition) is 2. The second-order valence-corrected chi connectivity index (χ2v) is 18.6. The second kappa shape index (κ2) is 59.6. The van der Waals surface area contributed by atoms with Gasteiger partial charge in [-0.3, -0.25) is 49.8 Å². The summed E-state index contributed by atoms with van der Waals surface area (Å²) in [4.78, 5) is 60.1. The van der Waals surface area contributed by atoms with Crippen LogP contribution < -0.4 is 37.3 Å². The summed E-state index contributed by atoms with van der Waals surface area (Å²) in [5.41, 5.74) is 26.9. The van der Waals surface area contributed by atoms with Gasteiger partial charge in [-0.2, -0.15) is 18.6 Å². The van der Waals surface area contributed by atoms with Crippen molar-refractivity contribution in [2.75, 3.05) is 0 Å². The molecule has 100 heavy (non-hydrogen) atoms. The van der Waals surface area contributed by atoms with Gasteiger partial charge in [0, 0.05) is 124 Å². The van der Waals surface area contributed by atoms with Gasteiger partial charge in [0.2, 0.25) is 5.97 Å². The van der Waals surface area contributed by atoms with Crippen LogP contribution >= 0.6 is 0 Å². The summed E-state index contributed by atoms with van der Waals surface area (Å²) in [6.45, 7) is 0. The fourth-order valence-electron chi connectivity index (χ4n) is 6.94. The Hall–Kier alpha value is -9.48. The molecule has 0 saturated heterocycles. The summed E-state index contributed by atoms with van der Waals surface area (Å²) in [7, 11) is -9.89. The monoisotopic (exact) mass is 1630 g/mol. The zero-order chi connectivity index (χ0) is 65.2. The fourth-order valence-corrected chi connectivity index (χ4v) is 6.94. The van der Waals surface area contributed by atoms with Crippen molar-refractivity contribution < 1.29 is 179 Å². The van der Waals surface area contributed by atoms with Gasteiger partial charge in [0.05, 0.1) is 0 Å². The van der Waals surface area contributed by atoms with Crippen LogP contribution in [0.1, 0.15) is 15.7 Å². The van der Waals surface area contributed by atoms with Gasteiger partial charge in [0.1, 0.15) is 0 Å². The molecule has 0 amide bonds. The molecule has 0 spiro atoms.